The monoisotopic (exact) mass is 166 g/mol. The largest absolute Gasteiger partial charge is 0.427 e. The molecule has 0 saturated heterocycles. The zero-order valence-corrected chi connectivity index (χ0v) is 5.81. The Balaban J connectivity index is 3.05. The van der Waals surface area contributed by atoms with E-state index in [-0.39, 0.29) is 5.56 Å². The molecule has 0 fully saturated rings. The van der Waals surface area contributed by atoms with Crippen LogP contribution in [0.2, 0.25) is 0 Å². The van der Waals surface area contributed by atoms with E-state index >= 15 is 0 Å². The van der Waals surface area contributed by atoms with Crippen molar-refractivity contribution < 1.29 is 13.2 Å². The molecular formula is C5H3F3NS. The minimum atomic E-state index is -4.26. The number of hydrogen-bond acceptors (Lipinski definition) is 2. The fourth-order valence-electron chi connectivity index (χ4n) is 0.521. The Morgan fingerprint density at radius 3 is 2.30 bits per heavy atom. The van der Waals surface area contributed by atoms with E-state index in [9.17, 15) is 13.2 Å². The maximum atomic E-state index is 11.8. The second-order valence-electron chi connectivity index (χ2n) is 1.75. The van der Waals surface area contributed by atoms with Gasteiger partial charge in [-0.2, -0.15) is 17.5 Å². The fraction of sp³-hybridized carbons (Fsp3) is 0.400. The highest BCUT2D eigenvalue weighted by Gasteiger charge is 2.34. The summed E-state index contributed by atoms with van der Waals surface area (Å²) in [6.45, 7) is 1.34. The van der Waals surface area contributed by atoms with E-state index in [0.29, 0.717) is 11.5 Å². The Kier molecular flexibility index (Phi) is 1.68. The van der Waals surface area contributed by atoms with Gasteiger partial charge >= 0.3 is 6.18 Å². The lowest BCUT2D eigenvalue weighted by atomic mass is 10.3. The quantitative estimate of drug-likeness (QED) is 0.576. The second kappa shape index (κ2) is 2.23. The molecule has 55 valence electrons. The van der Waals surface area contributed by atoms with Crippen LogP contribution in [-0.2, 0) is 6.18 Å². The fourth-order valence-corrected chi connectivity index (χ4v) is 1.08. The van der Waals surface area contributed by atoms with Gasteiger partial charge in [0.1, 0.15) is 11.1 Å². The van der Waals surface area contributed by atoms with Gasteiger partial charge in [0.05, 0.1) is 0 Å². The molecule has 0 spiro atoms. The van der Waals surface area contributed by atoms with E-state index < -0.39 is 11.1 Å². The van der Waals surface area contributed by atoms with Crippen molar-refractivity contribution in [3.63, 3.8) is 0 Å². The molecule has 0 aliphatic carbocycles. The Bertz CT molecular complexity index is 227. The highest BCUT2D eigenvalue weighted by atomic mass is 32.1. The zero-order chi connectivity index (χ0) is 7.78. The highest BCUT2D eigenvalue weighted by molar-refractivity contribution is 7.06. The molecule has 1 heterocycles. The van der Waals surface area contributed by atoms with Crippen molar-refractivity contribution in [2.24, 2.45) is 0 Å². The molecule has 1 aromatic heterocycles. The average molecular weight is 166 g/mol. The summed E-state index contributed by atoms with van der Waals surface area (Å²) < 4.78 is 38.8. The van der Waals surface area contributed by atoms with Gasteiger partial charge in [0.25, 0.3) is 0 Å². The van der Waals surface area contributed by atoms with E-state index in [1.54, 1.807) is 0 Å². The summed E-state index contributed by atoms with van der Waals surface area (Å²) in [4.78, 5) is -0.660. The lowest BCUT2D eigenvalue weighted by molar-refractivity contribution is -0.134. The first-order valence-corrected chi connectivity index (χ1v) is 3.20. The zero-order valence-electron chi connectivity index (χ0n) is 4.99. The summed E-state index contributed by atoms with van der Waals surface area (Å²) >= 11 is 0.426. The van der Waals surface area contributed by atoms with E-state index in [1.165, 1.54) is 6.92 Å². The number of hydrogen-bond donors (Lipinski definition) is 0. The van der Waals surface area contributed by atoms with Gasteiger partial charge in [0.15, 0.2) is 0 Å². The van der Waals surface area contributed by atoms with Gasteiger partial charge in [-0.05, 0) is 18.5 Å². The van der Waals surface area contributed by atoms with Crippen LogP contribution >= 0.6 is 11.5 Å². The molecule has 0 aromatic carbocycles. The minimum Gasteiger partial charge on any atom is -0.190 e. The first-order chi connectivity index (χ1) is 4.52. The van der Waals surface area contributed by atoms with Crippen LogP contribution in [0.4, 0.5) is 13.2 Å². The predicted molar refractivity (Wildman–Crippen MR) is 30.7 cm³/mol. The molecule has 1 aromatic rings. The van der Waals surface area contributed by atoms with Crippen molar-refractivity contribution in [3.8, 4) is 0 Å². The molecule has 0 saturated carbocycles. The lowest BCUT2D eigenvalue weighted by Crippen LogP contribution is -2.03. The molecule has 1 nitrogen and oxygen atoms in total. The van der Waals surface area contributed by atoms with Crippen LogP contribution in [0.25, 0.3) is 0 Å². The third-order valence-electron chi connectivity index (χ3n) is 0.948. The molecule has 0 amide bonds. The number of rotatable bonds is 0. The van der Waals surface area contributed by atoms with Crippen LogP contribution in [0.3, 0.4) is 0 Å². The van der Waals surface area contributed by atoms with Crippen LogP contribution in [-0.4, -0.2) is 4.37 Å². The number of alkyl halides is 3. The van der Waals surface area contributed by atoms with Crippen molar-refractivity contribution in [3.05, 3.63) is 16.6 Å². The van der Waals surface area contributed by atoms with Gasteiger partial charge in [-0.1, -0.05) is 0 Å². The first kappa shape index (κ1) is 7.53. The summed E-state index contributed by atoms with van der Waals surface area (Å²) in [6.07, 6.45) is -2.04. The van der Waals surface area contributed by atoms with Crippen molar-refractivity contribution in [2.75, 3.05) is 0 Å². The average Bonchev–Trinajstić information content (AvgIpc) is 2.11. The van der Waals surface area contributed by atoms with E-state index in [1.807, 2.05) is 0 Å². The summed E-state index contributed by atoms with van der Waals surface area (Å²) in [5, 5.41) is 0. The van der Waals surface area contributed by atoms with Gasteiger partial charge in [0, 0.05) is 5.56 Å². The number of aromatic nitrogens is 1. The Morgan fingerprint density at radius 1 is 1.50 bits per heavy atom. The molecule has 1 rings (SSSR count). The lowest BCUT2D eigenvalue weighted by Gasteiger charge is -2.01. The second-order valence-corrected chi connectivity index (χ2v) is 2.52. The topological polar surface area (TPSA) is 12.9 Å². The molecule has 10 heavy (non-hydrogen) atoms. The number of halogens is 3. The van der Waals surface area contributed by atoms with Gasteiger partial charge in [-0.3, -0.25) is 0 Å². The predicted octanol–water partition coefficient (Wildman–Crippen LogP) is 2.27. The van der Waals surface area contributed by atoms with E-state index in [0.717, 1.165) is 0 Å². The minimum absolute atomic E-state index is 0.0671. The summed E-state index contributed by atoms with van der Waals surface area (Å²) in [7, 11) is 0. The molecule has 0 unspecified atom stereocenters. The Labute approximate surface area is 59.7 Å². The van der Waals surface area contributed by atoms with Gasteiger partial charge in [0.2, 0.25) is 0 Å². The third-order valence-corrected chi connectivity index (χ3v) is 1.85. The van der Waals surface area contributed by atoms with Gasteiger partial charge in [-0.15, -0.1) is 0 Å². The van der Waals surface area contributed by atoms with Crippen LogP contribution < -0.4 is 0 Å². The normalized spacial score (nSPS) is 12.0. The van der Waals surface area contributed by atoms with Crippen LogP contribution in [0.1, 0.15) is 10.4 Å². The molecule has 0 N–H and O–H groups in total. The SMILES string of the molecule is Cc1[c]nsc1C(F)(F)F. The van der Waals surface area contributed by atoms with E-state index in [2.05, 4.69) is 10.6 Å². The number of nitrogens with zero attached hydrogens (tertiary/aromatic N) is 1. The summed E-state index contributed by atoms with van der Waals surface area (Å²) in [5.74, 6) is 0. The smallest absolute Gasteiger partial charge is 0.190 e. The van der Waals surface area contributed by atoms with Crippen molar-refractivity contribution in [1.29, 1.82) is 0 Å². The molecule has 5 heteroatoms. The maximum absolute atomic E-state index is 11.8. The van der Waals surface area contributed by atoms with Crippen LogP contribution in [0, 0.1) is 13.1 Å². The molecule has 1 radical (unpaired) electrons. The Morgan fingerprint density at radius 2 is 2.10 bits per heavy atom. The molecule has 0 bridgehead atoms. The standard InChI is InChI=1S/C5H3F3NS/c1-3-2-9-10-4(3)5(6,7)8/h1H3. The highest BCUT2D eigenvalue weighted by Crippen LogP contribution is 2.33. The molecule has 0 atom stereocenters. The molecule has 0 aliphatic rings. The first-order valence-electron chi connectivity index (χ1n) is 2.43. The molecule has 0 aliphatic heterocycles. The van der Waals surface area contributed by atoms with Gasteiger partial charge < -0.3 is 0 Å². The van der Waals surface area contributed by atoms with Crippen molar-refractivity contribution in [2.45, 2.75) is 13.1 Å². The Hall–Kier alpha value is -0.580. The van der Waals surface area contributed by atoms with Gasteiger partial charge in [-0.25, -0.2) is 0 Å². The summed E-state index contributed by atoms with van der Waals surface area (Å²) in [6, 6.07) is 0. The number of aryl methyl sites for hydroxylation is 1. The molecular weight excluding hydrogens is 163 g/mol. The van der Waals surface area contributed by atoms with Crippen LogP contribution in [0.5, 0.6) is 0 Å². The third kappa shape index (κ3) is 1.29. The van der Waals surface area contributed by atoms with Crippen molar-refractivity contribution >= 4 is 11.5 Å². The summed E-state index contributed by atoms with van der Waals surface area (Å²) in [5.41, 5.74) is 0.0671. The van der Waals surface area contributed by atoms with E-state index in [4.69, 9.17) is 0 Å². The van der Waals surface area contributed by atoms with Crippen LogP contribution in [0.15, 0.2) is 0 Å². The maximum Gasteiger partial charge on any atom is 0.427 e. The van der Waals surface area contributed by atoms with Crippen molar-refractivity contribution in [1.82, 2.24) is 4.37 Å².